The van der Waals surface area contributed by atoms with Crippen molar-refractivity contribution in [3.8, 4) is 0 Å². The molecule has 0 aliphatic heterocycles. The van der Waals surface area contributed by atoms with E-state index in [0.29, 0.717) is 0 Å². The van der Waals surface area contributed by atoms with Crippen molar-refractivity contribution in [3.05, 3.63) is 34.3 Å². The maximum Gasteiger partial charge on any atom is 0.0205 e. The third kappa shape index (κ3) is 8.36. The molecule has 1 rings (SSSR count). The molecule has 0 saturated carbocycles. The molecule has 0 aromatic heterocycles. The first-order chi connectivity index (χ1) is 6.83. The van der Waals surface area contributed by atoms with Crippen LogP contribution in [-0.2, 0) is 6.54 Å². The van der Waals surface area contributed by atoms with E-state index in [0.717, 1.165) is 24.1 Å². The van der Waals surface area contributed by atoms with E-state index in [-0.39, 0.29) is 24.8 Å². The second kappa shape index (κ2) is 11.7. The lowest BCUT2D eigenvalue weighted by Crippen LogP contribution is -2.19. The Morgan fingerprint density at radius 2 is 1.94 bits per heavy atom. The molecule has 5 heteroatoms. The summed E-state index contributed by atoms with van der Waals surface area (Å²) >= 11 is 3.46. The summed E-state index contributed by atoms with van der Waals surface area (Å²) in [4.78, 5) is 0. The Balaban J connectivity index is 0. The van der Waals surface area contributed by atoms with Gasteiger partial charge < -0.3 is 10.6 Å². The first-order valence-electron chi connectivity index (χ1n) is 4.92. The van der Waals surface area contributed by atoms with Crippen molar-refractivity contribution in [1.29, 1.82) is 0 Å². The lowest BCUT2D eigenvalue weighted by Gasteiger charge is -2.04. The number of benzene rings is 1. The molecular weight excluding hydrogens is 311 g/mol. The van der Waals surface area contributed by atoms with E-state index in [4.69, 9.17) is 0 Å². The van der Waals surface area contributed by atoms with E-state index in [1.807, 2.05) is 13.1 Å². The van der Waals surface area contributed by atoms with Gasteiger partial charge in [-0.2, -0.15) is 0 Å². The topological polar surface area (TPSA) is 24.1 Å². The molecule has 0 fully saturated rings. The van der Waals surface area contributed by atoms with E-state index in [2.05, 4.69) is 44.8 Å². The Morgan fingerprint density at radius 3 is 2.56 bits per heavy atom. The summed E-state index contributed by atoms with van der Waals surface area (Å²) in [6.45, 7) is 3.09. The van der Waals surface area contributed by atoms with Crippen LogP contribution in [0.5, 0.6) is 0 Å². The van der Waals surface area contributed by atoms with Gasteiger partial charge >= 0.3 is 0 Å². The number of nitrogens with one attached hydrogen (secondary N) is 2. The minimum absolute atomic E-state index is 0. The van der Waals surface area contributed by atoms with Gasteiger partial charge in [0, 0.05) is 11.0 Å². The van der Waals surface area contributed by atoms with E-state index in [1.54, 1.807) is 0 Å². The van der Waals surface area contributed by atoms with Crippen molar-refractivity contribution < 1.29 is 0 Å². The highest BCUT2D eigenvalue weighted by molar-refractivity contribution is 9.10. The van der Waals surface area contributed by atoms with Crippen LogP contribution >= 0.6 is 40.7 Å². The predicted molar refractivity (Wildman–Crippen MR) is 78.9 cm³/mol. The van der Waals surface area contributed by atoms with Crippen LogP contribution in [0.25, 0.3) is 0 Å². The van der Waals surface area contributed by atoms with Crippen LogP contribution in [-0.4, -0.2) is 20.1 Å². The normalized spacial score (nSPS) is 9.12. The summed E-state index contributed by atoms with van der Waals surface area (Å²) in [6, 6.07) is 8.39. The monoisotopic (exact) mass is 328 g/mol. The molecule has 1 aromatic carbocycles. The maximum absolute atomic E-state index is 3.46. The molecule has 0 saturated heterocycles. The quantitative estimate of drug-likeness (QED) is 0.784. The van der Waals surface area contributed by atoms with Gasteiger partial charge in [0.2, 0.25) is 0 Å². The van der Waals surface area contributed by atoms with Crippen molar-refractivity contribution in [2.24, 2.45) is 0 Å². The third-order valence-electron chi connectivity index (χ3n) is 2.00. The van der Waals surface area contributed by atoms with E-state index >= 15 is 0 Å². The van der Waals surface area contributed by atoms with Gasteiger partial charge in [-0.3, -0.25) is 0 Å². The smallest absolute Gasteiger partial charge is 0.0205 e. The average molecular weight is 330 g/mol. The molecule has 2 N–H and O–H groups in total. The molecule has 0 unspecified atom stereocenters. The predicted octanol–water partition coefficient (Wildman–Crippen LogP) is 2.99. The Morgan fingerprint density at radius 1 is 1.19 bits per heavy atom. The Kier molecular flexibility index (Phi) is 13.5. The average Bonchev–Trinajstić information content (AvgIpc) is 2.18. The molecule has 0 aliphatic rings. The van der Waals surface area contributed by atoms with Crippen molar-refractivity contribution in [1.82, 2.24) is 10.6 Å². The summed E-state index contributed by atoms with van der Waals surface area (Å²) in [5, 5.41) is 6.53. The van der Waals surface area contributed by atoms with Crippen LogP contribution in [0.4, 0.5) is 0 Å². The van der Waals surface area contributed by atoms with Gasteiger partial charge in [-0.25, -0.2) is 0 Å². The SMILES string of the molecule is CNCCCNCc1cccc(Br)c1.Cl.Cl. The van der Waals surface area contributed by atoms with Crippen molar-refractivity contribution in [2.75, 3.05) is 20.1 Å². The molecule has 0 amide bonds. The molecule has 94 valence electrons. The standard InChI is InChI=1S/C11H17BrN2.2ClH/c1-13-6-3-7-14-9-10-4-2-5-11(12)8-10;;/h2,4-5,8,13-14H,3,6-7,9H2,1H3;2*1H. The van der Waals surface area contributed by atoms with Crippen molar-refractivity contribution in [2.45, 2.75) is 13.0 Å². The Hall–Kier alpha value is 0.200. The van der Waals surface area contributed by atoms with Gasteiger partial charge in [0.1, 0.15) is 0 Å². The van der Waals surface area contributed by atoms with Gasteiger partial charge in [0.05, 0.1) is 0 Å². The fourth-order valence-electron chi connectivity index (χ4n) is 1.27. The molecule has 0 spiro atoms. The summed E-state index contributed by atoms with van der Waals surface area (Å²) in [7, 11) is 1.98. The fourth-order valence-corrected chi connectivity index (χ4v) is 1.72. The highest BCUT2D eigenvalue weighted by atomic mass is 79.9. The summed E-state index contributed by atoms with van der Waals surface area (Å²) in [5.41, 5.74) is 1.32. The molecule has 0 atom stereocenters. The molecule has 0 radical (unpaired) electrons. The Labute approximate surface area is 119 Å². The fraction of sp³-hybridized carbons (Fsp3) is 0.455. The minimum Gasteiger partial charge on any atom is -0.320 e. The van der Waals surface area contributed by atoms with Gasteiger partial charge in [-0.15, -0.1) is 24.8 Å². The number of halogens is 3. The van der Waals surface area contributed by atoms with Gasteiger partial charge in [-0.1, -0.05) is 28.1 Å². The summed E-state index contributed by atoms with van der Waals surface area (Å²) in [5.74, 6) is 0. The second-order valence-electron chi connectivity index (χ2n) is 3.26. The molecule has 16 heavy (non-hydrogen) atoms. The van der Waals surface area contributed by atoms with Gasteiger partial charge in [0.25, 0.3) is 0 Å². The highest BCUT2D eigenvalue weighted by Gasteiger charge is 1.92. The third-order valence-corrected chi connectivity index (χ3v) is 2.49. The van der Waals surface area contributed by atoms with Crippen LogP contribution in [0.15, 0.2) is 28.7 Å². The van der Waals surface area contributed by atoms with Crippen LogP contribution in [0.3, 0.4) is 0 Å². The zero-order valence-electron chi connectivity index (χ0n) is 9.33. The summed E-state index contributed by atoms with van der Waals surface area (Å²) in [6.07, 6.45) is 1.17. The molecule has 0 heterocycles. The van der Waals surface area contributed by atoms with Crippen molar-refractivity contribution >= 4 is 40.7 Å². The number of rotatable bonds is 6. The molecular formula is C11H19BrCl2N2. The maximum atomic E-state index is 3.46. The van der Waals surface area contributed by atoms with E-state index in [9.17, 15) is 0 Å². The lowest BCUT2D eigenvalue weighted by molar-refractivity contribution is 0.625. The second-order valence-corrected chi connectivity index (χ2v) is 4.18. The summed E-state index contributed by atoms with van der Waals surface area (Å²) < 4.78 is 1.15. The number of hydrogen-bond acceptors (Lipinski definition) is 2. The zero-order chi connectivity index (χ0) is 10.2. The van der Waals surface area contributed by atoms with Crippen LogP contribution < -0.4 is 10.6 Å². The van der Waals surface area contributed by atoms with Gasteiger partial charge in [-0.05, 0) is 44.3 Å². The van der Waals surface area contributed by atoms with Crippen LogP contribution in [0.2, 0.25) is 0 Å². The first kappa shape index (κ1) is 18.6. The zero-order valence-corrected chi connectivity index (χ0v) is 12.6. The van der Waals surface area contributed by atoms with Crippen LogP contribution in [0.1, 0.15) is 12.0 Å². The lowest BCUT2D eigenvalue weighted by atomic mass is 10.2. The van der Waals surface area contributed by atoms with Gasteiger partial charge in [0.15, 0.2) is 0 Å². The number of hydrogen-bond donors (Lipinski definition) is 2. The largest absolute Gasteiger partial charge is 0.320 e. The van der Waals surface area contributed by atoms with E-state index < -0.39 is 0 Å². The first-order valence-corrected chi connectivity index (χ1v) is 5.72. The minimum atomic E-state index is 0. The molecule has 2 nitrogen and oxygen atoms in total. The van der Waals surface area contributed by atoms with Crippen molar-refractivity contribution in [3.63, 3.8) is 0 Å². The molecule has 1 aromatic rings. The highest BCUT2D eigenvalue weighted by Crippen LogP contribution is 2.11. The van der Waals surface area contributed by atoms with E-state index in [1.165, 1.54) is 12.0 Å². The molecule has 0 aliphatic carbocycles. The molecule has 0 bridgehead atoms. The Bertz CT molecular complexity index is 272. The van der Waals surface area contributed by atoms with Crippen LogP contribution in [0, 0.1) is 0 Å².